The maximum absolute atomic E-state index is 11.9. The van der Waals surface area contributed by atoms with Gasteiger partial charge < -0.3 is 15.5 Å². The van der Waals surface area contributed by atoms with Crippen LogP contribution in [-0.4, -0.2) is 49.5 Å². The molecule has 0 radical (unpaired) electrons. The fraction of sp³-hybridized carbons (Fsp3) is 0.538. The summed E-state index contributed by atoms with van der Waals surface area (Å²) in [5.41, 5.74) is 1.48. The average Bonchev–Trinajstić information content (AvgIpc) is 2.37. The predicted octanol–water partition coefficient (Wildman–Crippen LogP) is 1.11. The lowest BCUT2D eigenvalue weighted by molar-refractivity contribution is 0.0950. The molecule has 0 aliphatic rings. The minimum absolute atomic E-state index is 0.0542. The zero-order chi connectivity index (χ0) is 13.5. The highest BCUT2D eigenvalue weighted by Crippen LogP contribution is 2.09. The molecule has 0 aliphatic heterocycles. The van der Waals surface area contributed by atoms with E-state index in [1.165, 1.54) is 0 Å². The lowest BCUT2D eigenvalue weighted by atomic mass is 10.2. The number of aryl methyl sites for hydroxylation is 1. The van der Waals surface area contributed by atoms with Gasteiger partial charge in [0.2, 0.25) is 0 Å². The van der Waals surface area contributed by atoms with Gasteiger partial charge in [-0.25, -0.2) is 4.98 Å². The summed E-state index contributed by atoms with van der Waals surface area (Å²) in [6, 6.07) is 3.55. The average molecular weight is 250 g/mol. The number of carbonyl (C=O) groups is 1. The van der Waals surface area contributed by atoms with E-state index in [4.69, 9.17) is 0 Å². The molecule has 1 rings (SSSR count). The number of amides is 1. The zero-order valence-electron chi connectivity index (χ0n) is 11.6. The number of rotatable bonds is 6. The van der Waals surface area contributed by atoms with E-state index in [1.54, 1.807) is 19.2 Å². The molecule has 0 atom stereocenters. The summed E-state index contributed by atoms with van der Waals surface area (Å²) in [4.78, 5) is 18.4. The lowest BCUT2D eigenvalue weighted by Crippen LogP contribution is -2.33. The van der Waals surface area contributed by atoms with Gasteiger partial charge >= 0.3 is 0 Å². The van der Waals surface area contributed by atoms with Crippen LogP contribution in [0.3, 0.4) is 0 Å². The Hall–Kier alpha value is -1.62. The van der Waals surface area contributed by atoms with Gasteiger partial charge in [0.05, 0.1) is 0 Å². The summed E-state index contributed by atoms with van der Waals surface area (Å²) in [7, 11) is 3.82. The molecular weight excluding hydrogens is 228 g/mol. The van der Waals surface area contributed by atoms with E-state index < -0.39 is 0 Å². The molecule has 5 heteroatoms. The van der Waals surface area contributed by atoms with Gasteiger partial charge in [-0.3, -0.25) is 4.79 Å². The molecule has 0 spiro atoms. The molecule has 1 amide bonds. The standard InChI is InChI=1S/C13H22N4O/c1-5-17(4)7-6-15-13(18)11-8-10(2)16-12(9-11)14-3/h8-9H,5-7H2,1-4H3,(H,14,16)(H,15,18). The summed E-state index contributed by atoms with van der Waals surface area (Å²) in [5.74, 6) is 0.660. The molecule has 1 aromatic heterocycles. The molecule has 0 aromatic carbocycles. The van der Waals surface area contributed by atoms with Crippen molar-refractivity contribution in [1.29, 1.82) is 0 Å². The fourth-order valence-corrected chi connectivity index (χ4v) is 1.55. The van der Waals surface area contributed by atoms with Crippen LogP contribution in [0.4, 0.5) is 5.82 Å². The molecule has 0 unspecified atom stereocenters. The van der Waals surface area contributed by atoms with Crippen LogP contribution in [0.15, 0.2) is 12.1 Å². The number of nitrogens with zero attached hydrogens (tertiary/aromatic N) is 2. The number of pyridine rings is 1. The van der Waals surface area contributed by atoms with Gasteiger partial charge in [-0.2, -0.15) is 0 Å². The van der Waals surface area contributed by atoms with Crippen molar-refractivity contribution in [1.82, 2.24) is 15.2 Å². The van der Waals surface area contributed by atoms with Gasteiger partial charge in [-0.15, -0.1) is 0 Å². The molecule has 1 heterocycles. The summed E-state index contributed by atoms with van der Waals surface area (Å²) < 4.78 is 0. The summed E-state index contributed by atoms with van der Waals surface area (Å²) in [5, 5.41) is 5.85. The Bertz CT molecular complexity index is 406. The van der Waals surface area contributed by atoms with Crippen molar-refractivity contribution in [3.63, 3.8) is 0 Å². The van der Waals surface area contributed by atoms with Crippen LogP contribution < -0.4 is 10.6 Å². The zero-order valence-corrected chi connectivity index (χ0v) is 11.6. The first-order valence-electron chi connectivity index (χ1n) is 6.20. The van der Waals surface area contributed by atoms with Crippen LogP contribution in [0.25, 0.3) is 0 Å². The quantitative estimate of drug-likeness (QED) is 0.794. The SMILES string of the molecule is CCN(C)CCNC(=O)c1cc(C)nc(NC)c1. The molecule has 0 aliphatic carbocycles. The van der Waals surface area contributed by atoms with E-state index >= 15 is 0 Å². The smallest absolute Gasteiger partial charge is 0.251 e. The van der Waals surface area contributed by atoms with Crippen molar-refractivity contribution in [2.45, 2.75) is 13.8 Å². The van der Waals surface area contributed by atoms with E-state index in [1.807, 2.05) is 14.0 Å². The Morgan fingerprint density at radius 1 is 1.44 bits per heavy atom. The van der Waals surface area contributed by atoms with Crippen molar-refractivity contribution in [3.05, 3.63) is 23.4 Å². The van der Waals surface area contributed by atoms with E-state index in [0.717, 1.165) is 18.8 Å². The largest absolute Gasteiger partial charge is 0.373 e. The number of nitrogens with one attached hydrogen (secondary N) is 2. The van der Waals surface area contributed by atoms with Gasteiger partial charge in [0.25, 0.3) is 5.91 Å². The number of hydrogen-bond donors (Lipinski definition) is 2. The van der Waals surface area contributed by atoms with Gasteiger partial charge in [-0.05, 0) is 32.6 Å². The topological polar surface area (TPSA) is 57.3 Å². The maximum atomic E-state index is 11.9. The highest BCUT2D eigenvalue weighted by molar-refractivity contribution is 5.94. The van der Waals surface area contributed by atoms with Crippen LogP contribution in [0, 0.1) is 6.92 Å². The summed E-state index contributed by atoms with van der Waals surface area (Å²) in [6.45, 7) is 6.45. The molecule has 2 N–H and O–H groups in total. The molecular formula is C13H22N4O. The molecule has 0 bridgehead atoms. The van der Waals surface area contributed by atoms with E-state index in [0.29, 0.717) is 17.9 Å². The summed E-state index contributed by atoms with van der Waals surface area (Å²) in [6.07, 6.45) is 0. The molecule has 0 fully saturated rings. The minimum atomic E-state index is -0.0542. The first-order chi connectivity index (χ1) is 8.56. The van der Waals surface area contributed by atoms with Crippen LogP contribution in [0.2, 0.25) is 0 Å². The molecule has 5 nitrogen and oxygen atoms in total. The second-order valence-corrected chi connectivity index (χ2v) is 4.28. The van der Waals surface area contributed by atoms with Crippen LogP contribution >= 0.6 is 0 Å². The van der Waals surface area contributed by atoms with E-state index in [2.05, 4.69) is 27.4 Å². The highest BCUT2D eigenvalue weighted by atomic mass is 16.1. The van der Waals surface area contributed by atoms with Gasteiger partial charge in [-0.1, -0.05) is 6.92 Å². The lowest BCUT2D eigenvalue weighted by Gasteiger charge is -2.14. The second-order valence-electron chi connectivity index (χ2n) is 4.28. The Morgan fingerprint density at radius 3 is 2.78 bits per heavy atom. The number of hydrogen-bond acceptors (Lipinski definition) is 4. The number of likely N-dealkylation sites (N-methyl/N-ethyl adjacent to an activating group) is 1. The molecule has 1 aromatic rings. The Morgan fingerprint density at radius 2 is 2.17 bits per heavy atom. The van der Waals surface area contributed by atoms with Gasteiger partial charge in [0, 0.05) is 31.4 Å². The monoisotopic (exact) mass is 250 g/mol. The maximum Gasteiger partial charge on any atom is 0.251 e. The van der Waals surface area contributed by atoms with Crippen molar-refractivity contribution >= 4 is 11.7 Å². The Kier molecular flexibility index (Phi) is 5.58. The summed E-state index contributed by atoms with van der Waals surface area (Å²) >= 11 is 0. The second kappa shape index (κ2) is 6.96. The number of aromatic nitrogens is 1. The number of anilines is 1. The van der Waals surface area contributed by atoms with Crippen molar-refractivity contribution < 1.29 is 4.79 Å². The molecule has 0 saturated heterocycles. The van der Waals surface area contributed by atoms with Gasteiger partial charge in [0.15, 0.2) is 0 Å². The highest BCUT2D eigenvalue weighted by Gasteiger charge is 2.07. The minimum Gasteiger partial charge on any atom is -0.373 e. The van der Waals surface area contributed by atoms with Crippen LogP contribution in [-0.2, 0) is 0 Å². The Balaban J connectivity index is 2.58. The van der Waals surface area contributed by atoms with Gasteiger partial charge in [0.1, 0.15) is 5.82 Å². The predicted molar refractivity (Wildman–Crippen MR) is 74.0 cm³/mol. The third-order valence-electron chi connectivity index (χ3n) is 2.79. The van der Waals surface area contributed by atoms with Crippen LogP contribution in [0.1, 0.15) is 23.0 Å². The van der Waals surface area contributed by atoms with Crippen molar-refractivity contribution in [2.24, 2.45) is 0 Å². The van der Waals surface area contributed by atoms with Crippen LogP contribution in [0.5, 0.6) is 0 Å². The first kappa shape index (κ1) is 14.4. The third-order valence-corrected chi connectivity index (χ3v) is 2.79. The fourth-order valence-electron chi connectivity index (χ4n) is 1.55. The van der Waals surface area contributed by atoms with Crippen molar-refractivity contribution in [2.75, 3.05) is 39.0 Å². The number of carbonyl (C=O) groups excluding carboxylic acids is 1. The molecule has 0 saturated carbocycles. The normalized spacial score (nSPS) is 10.5. The molecule has 100 valence electrons. The Labute approximate surface area is 109 Å². The van der Waals surface area contributed by atoms with E-state index in [9.17, 15) is 4.79 Å². The van der Waals surface area contributed by atoms with Crippen molar-refractivity contribution in [3.8, 4) is 0 Å². The first-order valence-corrected chi connectivity index (χ1v) is 6.20. The van der Waals surface area contributed by atoms with E-state index in [-0.39, 0.29) is 5.91 Å². The third kappa shape index (κ3) is 4.33. The molecule has 18 heavy (non-hydrogen) atoms.